The first-order chi connectivity index (χ1) is 15.0. The molecule has 2 heteroatoms. The van der Waals surface area contributed by atoms with Crippen LogP contribution in [0.1, 0.15) is 99.3 Å². The molecule has 0 bridgehead atoms. The topological polar surface area (TPSA) is 32.8 Å². The zero-order valence-corrected chi connectivity index (χ0v) is 21.7. The molecule has 2 nitrogen and oxygen atoms in total. The van der Waals surface area contributed by atoms with E-state index in [9.17, 15) is 5.11 Å². The molecule has 9 atom stereocenters. The van der Waals surface area contributed by atoms with Crippen LogP contribution in [0.15, 0.2) is 35.5 Å². The second kappa shape index (κ2) is 8.73. The van der Waals surface area contributed by atoms with Gasteiger partial charge in [0.1, 0.15) is 11.2 Å². The molecule has 5 aliphatic rings. The molecule has 0 aromatic carbocycles. The van der Waals surface area contributed by atoms with Gasteiger partial charge < -0.3 is 9.84 Å². The average molecular weight is 441 g/mol. The number of hydrogen-bond acceptors (Lipinski definition) is 2. The third kappa shape index (κ3) is 3.88. The molecule has 180 valence electrons. The van der Waals surface area contributed by atoms with E-state index in [4.69, 9.17) is 4.74 Å². The van der Waals surface area contributed by atoms with E-state index in [1.165, 1.54) is 61.7 Å². The summed E-state index contributed by atoms with van der Waals surface area (Å²) in [4.78, 5) is 0. The minimum atomic E-state index is -0.163. The van der Waals surface area contributed by atoms with Gasteiger partial charge >= 0.3 is 0 Å². The van der Waals surface area contributed by atoms with Crippen molar-refractivity contribution in [2.75, 3.05) is 0 Å². The number of ether oxygens (including phenoxy) is 1. The van der Waals surface area contributed by atoms with Gasteiger partial charge in [0, 0.05) is 0 Å². The van der Waals surface area contributed by atoms with Gasteiger partial charge in [0.25, 0.3) is 0 Å². The minimum Gasteiger partial charge on any atom is -0.389 e. The summed E-state index contributed by atoms with van der Waals surface area (Å²) >= 11 is 0. The van der Waals surface area contributed by atoms with Crippen LogP contribution in [0, 0.1) is 35.5 Å². The Balaban J connectivity index is 0.000000153. The van der Waals surface area contributed by atoms with Crippen LogP contribution in [0.2, 0.25) is 0 Å². The largest absolute Gasteiger partial charge is 0.389 e. The predicted octanol–water partition coefficient (Wildman–Crippen LogP) is 7.63. The monoisotopic (exact) mass is 440 g/mol. The summed E-state index contributed by atoms with van der Waals surface area (Å²) in [6.45, 7) is 22.0. The molecule has 3 fully saturated rings. The van der Waals surface area contributed by atoms with Gasteiger partial charge in [-0.2, -0.15) is 0 Å². The number of rotatable bonds is 2. The van der Waals surface area contributed by atoms with E-state index in [1.807, 2.05) is 0 Å². The maximum absolute atomic E-state index is 10.1. The summed E-state index contributed by atoms with van der Waals surface area (Å²) in [5.74, 6) is 4.00. The first kappa shape index (κ1) is 24.3. The van der Waals surface area contributed by atoms with Crippen LogP contribution >= 0.6 is 0 Å². The molecule has 1 heterocycles. The first-order valence-corrected chi connectivity index (χ1v) is 13.4. The third-order valence-corrected chi connectivity index (χ3v) is 10.3. The molecular weight excluding hydrogens is 392 g/mol. The van der Waals surface area contributed by atoms with Crippen LogP contribution in [0.25, 0.3) is 0 Å². The van der Waals surface area contributed by atoms with Gasteiger partial charge in [-0.25, -0.2) is 0 Å². The molecular formula is C30H48O2. The van der Waals surface area contributed by atoms with Crippen LogP contribution in [-0.2, 0) is 4.74 Å². The van der Waals surface area contributed by atoms with Gasteiger partial charge in [0.15, 0.2) is 0 Å². The van der Waals surface area contributed by atoms with Crippen molar-refractivity contribution in [3.63, 3.8) is 0 Å². The van der Waals surface area contributed by atoms with Gasteiger partial charge in [0.2, 0.25) is 0 Å². The Kier molecular flexibility index (Phi) is 6.62. The molecule has 1 saturated heterocycles. The molecule has 0 radical (unpaired) electrons. The summed E-state index contributed by atoms with van der Waals surface area (Å²) < 4.78 is 6.33. The van der Waals surface area contributed by atoms with Crippen molar-refractivity contribution in [2.45, 2.75) is 117 Å². The van der Waals surface area contributed by atoms with Crippen molar-refractivity contribution in [3.8, 4) is 0 Å². The van der Waals surface area contributed by atoms with Crippen molar-refractivity contribution in [1.82, 2.24) is 0 Å². The van der Waals surface area contributed by atoms with E-state index in [0.29, 0.717) is 23.7 Å². The average Bonchev–Trinajstić information content (AvgIpc) is 3.28. The van der Waals surface area contributed by atoms with E-state index in [1.54, 1.807) is 5.57 Å². The second-order valence-electron chi connectivity index (χ2n) is 12.4. The highest BCUT2D eigenvalue weighted by atomic mass is 16.6. The number of aliphatic hydroxyl groups is 1. The smallest absolute Gasteiger partial charge is 0.101 e. The first-order valence-electron chi connectivity index (χ1n) is 13.4. The van der Waals surface area contributed by atoms with Crippen molar-refractivity contribution in [2.24, 2.45) is 35.5 Å². The fourth-order valence-corrected chi connectivity index (χ4v) is 7.96. The van der Waals surface area contributed by atoms with Crippen LogP contribution in [0.4, 0.5) is 0 Å². The number of aliphatic hydroxyl groups excluding tert-OH is 1. The van der Waals surface area contributed by atoms with Crippen molar-refractivity contribution < 1.29 is 9.84 Å². The molecule has 1 aliphatic heterocycles. The van der Waals surface area contributed by atoms with Crippen LogP contribution in [0.3, 0.4) is 0 Å². The fraction of sp³-hybridized carbons (Fsp3) is 0.800. The highest BCUT2D eigenvalue weighted by molar-refractivity contribution is 5.31. The lowest BCUT2D eigenvalue weighted by atomic mass is 9.79. The number of hydrogen-bond donors (Lipinski definition) is 1. The second-order valence-corrected chi connectivity index (χ2v) is 12.4. The van der Waals surface area contributed by atoms with E-state index >= 15 is 0 Å². The molecule has 0 spiro atoms. The van der Waals surface area contributed by atoms with Gasteiger partial charge in [-0.05, 0) is 113 Å². The van der Waals surface area contributed by atoms with Crippen molar-refractivity contribution in [3.05, 3.63) is 35.5 Å². The van der Waals surface area contributed by atoms with Gasteiger partial charge in [-0.3, -0.25) is 0 Å². The standard InChI is InChI=1S/2C15H24O/c1-10(2)13-6-5-11(3)14-8-7-12(4)15(14,9-13)16-14;1-9(2)12-6-5-10(3)15-13(8-12)11(4)7-14(15)16/h11-13H,1,5-9H2,2-4H3;10-12,14,16H,1,5-8H2,2-4H3. The van der Waals surface area contributed by atoms with Crippen molar-refractivity contribution in [1.29, 1.82) is 0 Å². The van der Waals surface area contributed by atoms with E-state index in [-0.39, 0.29) is 17.3 Å². The fourth-order valence-electron chi connectivity index (χ4n) is 7.96. The Labute approximate surface area is 197 Å². The van der Waals surface area contributed by atoms with Crippen LogP contribution < -0.4 is 0 Å². The maximum Gasteiger partial charge on any atom is 0.101 e. The highest BCUT2D eigenvalue weighted by Gasteiger charge is 2.77. The molecule has 0 amide bonds. The Bertz CT molecular complexity index is 793. The molecule has 32 heavy (non-hydrogen) atoms. The summed E-state index contributed by atoms with van der Waals surface area (Å²) in [5.41, 5.74) is 6.12. The molecule has 2 saturated carbocycles. The maximum atomic E-state index is 10.1. The number of epoxide rings is 1. The van der Waals surface area contributed by atoms with E-state index in [0.717, 1.165) is 24.7 Å². The van der Waals surface area contributed by atoms with Gasteiger partial charge in [-0.1, -0.05) is 57.6 Å². The Morgan fingerprint density at radius 2 is 1.47 bits per heavy atom. The summed E-state index contributed by atoms with van der Waals surface area (Å²) in [6.07, 6.45) is 10.9. The van der Waals surface area contributed by atoms with Crippen molar-refractivity contribution >= 4 is 0 Å². The molecule has 5 rings (SSSR count). The summed E-state index contributed by atoms with van der Waals surface area (Å²) in [5, 5.41) is 10.1. The Hall–Kier alpha value is -0.860. The Morgan fingerprint density at radius 1 is 0.844 bits per heavy atom. The molecule has 1 N–H and O–H groups in total. The molecule has 0 aromatic heterocycles. The van der Waals surface area contributed by atoms with Gasteiger partial charge in [0.05, 0.1) is 6.10 Å². The van der Waals surface area contributed by atoms with E-state index in [2.05, 4.69) is 54.7 Å². The summed E-state index contributed by atoms with van der Waals surface area (Å²) in [7, 11) is 0. The highest BCUT2D eigenvalue weighted by Crippen LogP contribution is 2.70. The quantitative estimate of drug-likeness (QED) is 0.353. The number of allylic oxidation sites excluding steroid dienone is 3. The van der Waals surface area contributed by atoms with Crippen LogP contribution in [0.5, 0.6) is 0 Å². The predicted molar refractivity (Wildman–Crippen MR) is 134 cm³/mol. The lowest BCUT2D eigenvalue weighted by Gasteiger charge is -2.22. The summed E-state index contributed by atoms with van der Waals surface area (Å²) in [6, 6.07) is 0. The molecule has 4 aliphatic carbocycles. The lowest BCUT2D eigenvalue weighted by molar-refractivity contribution is 0.124. The zero-order chi connectivity index (χ0) is 23.4. The minimum absolute atomic E-state index is 0.163. The third-order valence-electron chi connectivity index (χ3n) is 10.3. The van der Waals surface area contributed by atoms with Gasteiger partial charge in [-0.15, -0.1) is 0 Å². The van der Waals surface area contributed by atoms with E-state index < -0.39 is 0 Å². The lowest BCUT2D eigenvalue weighted by Crippen LogP contribution is -2.29. The van der Waals surface area contributed by atoms with Crippen LogP contribution in [-0.4, -0.2) is 22.4 Å². The molecule has 9 unspecified atom stereocenters. The molecule has 0 aromatic rings. The Morgan fingerprint density at radius 3 is 2.12 bits per heavy atom. The zero-order valence-electron chi connectivity index (χ0n) is 21.7. The normalized spacial score (nSPS) is 47.3. The SMILES string of the molecule is C=C(C)C1CCC(C)C23CCC(C)C2(C1)O3.C=C(C)C1CCC(C)C2=C(C1)C(C)CC2O.